The molecule has 0 bridgehead atoms. The summed E-state index contributed by atoms with van der Waals surface area (Å²) in [7, 11) is 3.37. The number of aliphatic carboxylic acids is 1. The maximum Gasteiger partial charge on any atom is 0.317 e. The van der Waals surface area contributed by atoms with Crippen molar-refractivity contribution in [1.29, 1.82) is 0 Å². The number of nitrogens with zero attached hydrogens (tertiary/aromatic N) is 2. The van der Waals surface area contributed by atoms with Gasteiger partial charge in [0.15, 0.2) is 0 Å². The lowest BCUT2D eigenvalue weighted by Crippen LogP contribution is -2.25. The summed E-state index contributed by atoms with van der Waals surface area (Å²) in [6.45, 7) is 0.253. The SMILES string of the molecule is COc1ccccc1-c1ccc(-c2cc(CN(C)CC(=O)O)c3cc(F)ccc3n2)cc1. The zero-order chi connectivity index (χ0) is 22.7. The van der Waals surface area contributed by atoms with Crippen molar-refractivity contribution >= 4 is 16.9 Å². The number of pyridine rings is 1. The third-order valence-corrected chi connectivity index (χ3v) is 5.30. The first kappa shape index (κ1) is 21.5. The van der Waals surface area contributed by atoms with Crippen molar-refractivity contribution in [3.63, 3.8) is 0 Å². The minimum atomic E-state index is -0.913. The summed E-state index contributed by atoms with van der Waals surface area (Å²) >= 11 is 0. The van der Waals surface area contributed by atoms with Gasteiger partial charge < -0.3 is 9.84 Å². The molecule has 4 rings (SSSR count). The number of carboxylic acids is 1. The van der Waals surface area contributed by atoms with Crippen LogP contribution in [0.1, 0.15) is 5.56 Å². The number of halogens is 1. The van der Waals surface area contributed by atoms with E-state index in [1.54, 1.807) is 25.1 Å². The first-order chi connectivity index (χ1) is 15.4. The molecule has 0 radical (unpaired) electrons. The molecule has 0 aliphatic heterocycles. The Bertz CT molecular complexity index is 1270. The number of para-hydroxylation sites is 1. The molecule has 5 nitrogen and oxygen atoms in total. The standard InChI is InChI=1S/C26H23FN2O3/c1-29(16-26(30)31)15-19-13-24(28-23-12-11-20(27)14-22(19)23)18-9-7-17(8-10-18)21-5-3-4-6-25(21)32-2/h3-14H,15-16H2,1-2H3,(H,30,31). The van der Waals surface area contributed by atoms with Crippen LogP contribution in [0.25, 0.3) is 33.3 Å². The van der Waals surface area contributed by atoms with Gasteiger partial charge in [-0.05, 0) is 48.5 Å². The average molecular weight is 430 g/mol. The Labute approximate surface area is 185 Å². The van der Waals surface area contributed by atoms with Gasteiger partial charge >= 0.3 is 5.97 Å². The topological polar surface area (TPSA) is 62.7 Å². The number of carbonyl (C=O) groups is 1. The van der Waals surface area contributed by atoms with E-state index in [2.05, 4.69) is 0 Å². The van der Waals surface area contributed by atoms with Crippen molar-refractivity contribution < 1.29 is 19.0 Å². The quantitative estimate of drug-likeness (QED) is 0.435. The molecule has 32 heavy (non-hydrogen) atoms. The molecule has 162 valence electrons. The van der Waals surface area contributed by atoms with Crippen molar-refractivity contribution in [3.05, 3.63) is 84.2 Å². The Balaban J connectivity index is 1.74. The number of benzene rings is 3. The molecule has 6 heteroatoms. The number of fused-ring (bicyclic) bond motifs is 1. The Morgan fingerprint density at radius 2 is 1.75 bits per heavy atom. The van der Waals surface area contributed by atoms with Crippen LogP contribution in [-0.4, -0.2) is 41.7 Å². The van der Waals surface area contributed by atoms with Crippen molar-refractivity contribution in [1.82, 2.24) is 9.88 Å². The highest BCUT2D eigenvalue weighted by atomic mass is 19.1. The van der Waals surface area contributed by atoms with E-state index in [9.17, 15) is 9.18 Å². The van der Waals surface area contributed by atoms with Crippen LogP contribution in [0.15, 0.2) is 72.8 Å². The molecule has 0 aliphatic carbocycles. The van der Waals surface area contributed by atoms with E-state index in [0.717, 1.165) is 33.7 Å². The summed E-state index contributed by atoms with van der Waals surface area (Å²) in [4.78, 5) is 17.5. The number of likely N-dealkylation sites (N-methyl/N-ethyl adjacent to an activating group) is 1. The largest absolute Gasteiger partial charge is 0.496 e. The minimum absolute atomic E-state index is 0.109. The summed E-state index contributed by atoms with van der Waals surface area (Å²) < 4.78 is 19.4. The summed E-state index contributed by atoms with van der Waals surface area (Å²) in [6.07, 6.45) is 0. The molecule has 0 spiro atoms. The number of ether oxygens (including phenoxy) is 1. The van der Waals surface area contributed by atoms with Crippen LogP contribution in [0.4, 0.5) is 4.39 Å². The van der Waals surface area contributed by atoms with Crippen molar-refractivity contribution in [2.45, 2.75) is 6.54 Å². The van der Waals surface area contributed by atoms with E-state index in [-0.39, 0.29) is 12.4 Å². The number of methoxy groups -OCH3 is 1. The van der Waals surface area contributed by atoms with Gasteiger partial charge in [-0.25, -0.2) is 9.37 Å². The van der Waals surface area contributed by atoms with Crippen LogP contribution in [0.5, 0.6) is 5.75 Å². The lowest BCUT2D eigenvalue weighted by atomic mass is 10.00. The van der Waals surface area contributed by atoms with Gasteiger partial charge in [0.25, 0.3) is 0 Å². The number of aromatic nitrogens is 1. The first-order valence-corrected chi connectivity index (χ1v) is 10.2. The second kappa shape index (κ2) is 9.16. The molecule has 3 aromatic carbocycles. The van der Waals surface area contributed by atoms with E-state index in [4.69, 9.17) is 14.8 Å². The molecule has 0 saturated heterocycles. The molecule has 0 unspecified atom stereocenters. The van der Waals surface area contributed by atoms with Crippen LogP contribution in [0, 0.1) is 5.82 Å². The molecule has 4 aromatic rings. The summed E-state index contributed by atoms with van der Waals surface area (Å²) in [5.74, 6) is -0.464. The molecule has 0 aliphatic rings. The van der Waals surface area contributed by atoms with E-state index in [1.165, 1.54) is 12.1 Å². The second-order valence-corrected chi connectivity index (χ2v) is 7.67. The van der Waals surface area contributed by atoms with Crippen LogP contribution < -0.4 is 4.74 Å². The van der Waals surface area contributed by atoms with Gasteiger partial charge in [-0.3, -0.25) is 9.69 Å². The highest BCUT2D eigenvalue weighted by Crippen LogP contribution is 2.32. The molecule has 0 fully saturated rings. The smallest absolute Gasteiger partial charge is 0.317 e. The first-order valence-electron chi connectivity index (χ1n) is 10.2. The van der Waals surface area contributed by atoms with E-state index >= 15 is 0 Å². The molecule has 1 heterocycles. The van der Waals surface area contributed by atoms with Crippen molar-refractivity contribution in [2.24, 2.45) is 0 Å². The molecule has 0 amide bonds. The van der Waals surface area contributed by atoms with Gasteiger partial charge in [0, 0.05) is 23.1 Å². The molecule has 0 atom stereocenters. The fourth-order valence-electron chi connectivity index (χ4n) is 3.83. The Morgan fingerprint density at radius 3 is 2.47 bits per heavy atom. The average Bonchev–Trinajstić information content (AvgIpc) is 2.79. The fourth-order valence-corrected chi connectivity index (χ4v) is 3.83. The zero-order valence-electron chi connectivity index (χ0n) is 17.9. The molecular formula is C26H23FN2O3. The van der Waals surface area contributed by atoms with Gasteiger partial charge in [-0.15, -0.1) is 0 Å². The summed E-state index contributed by atoms with van der Waals surface area (Å²) in [5, 5.41) is 9.76. The Morgan fingerprint density at radius 1 is 1.03 bits per heavy atom. The lowest BCUT2D eigenvalue weighted by Gasteiger charge is -2.17. The maximum atomic E-state index is 13.9. The fraction of sp³-hybridized carbons (Fsp3) is 0.154. The third-order valence-electron chi connectivity index (χ3n) is 5.30. The van der Waals surface area contributed by atoms with Crippen molar-refractivity contribution in [2.75, 3.05) is 20.7 Å². The number of rotatable bonds is 7. The van der Waals surface area contributed by atoms with Crippen LogP contribution in [-0.2, 0) is 11.3 Å². The summed E-state index contributed by atoms with van der Waals surface area (Å²) in [5.41, 5.74) is 5.17. The maximum absolute atomic E-state index is 13.9. The molecule has 1 N–H and O–H groups in total. The lowest BCUT2D eigenvalue weighted by molar-refractivity contribution is -0.138. The van der Waals surface area contributed by atoms with Gasteiger partial charge in [0.05, 0.1) is 24.9 Å². The normalized spacial score (nSPS) is 11.1. The predicted molar refractivity (Wildman–Crippen MR) is 123 cm³/mol. The van der Waals surface area contributed by atoms with Crippen LogP contribution in [0.2, 0.25) is 0 Å². The monoisotopic (exact) mass is 430 g/mol. The second-order valence-electron chi connectivity index (χ2n) is 7.67. The van der Waals surface area contributed by atoms with E-state index in [1.807, 2.05) is 54.6 Å². The van der Waals surface area contributed by atoms with Crippen molar-refractivity contribution in [3.8, 4) is 28.1 Å². The zero-order valence-corrected chi connectivity index (χ0v) is 17.9. The van der Waals surface area contributed by atoms with E-state index in [0.29, 0.717) is 17.4 Å². The van der Waals surface area contributed by atoms with Gasteiger partial charge in [-0.2, -0.15) is 0 Å². The predicted octanol–water partition coefficient (Wildman–Crippen LogP) is 5.23. The third kappa shape index (κ3) is 4.60. The molecule has 0 saturated carbocycles. The minimum Gasteiger partial charge on any atom is -0.496 e. The van der Waals surface area contributed by atoms with Gasteiger partial charge in [0.1, 0.15) is 11.6 Å². The van der Waals surface area contributed by atoms with Crippen LogP contribution >= 0.6 is 0 Å². The molecular weight excluding hydrogens is 407 g/mol. The number of carboxylic acid groups (broad SMARTS) is 1. The Kier molecular flexibility index (Phi) is 6.14. The van der Waals surface area contributed by atoms with Gasteiger partial charge in [0.2, 0.25) is 0 Å². The highest BCUT2D eigenvalue weighted by molar-refractivity contribution is 5.85. The van der Waals surface area contributed by atoms with Crippen LogP contribution in [0.3, 0.4) is 0 Å². The highest BCUT2D eigenvalue weighted by Gasteiger charge is 2.13. The molecule has 1 aromatic heterocycles. The van der Waals surface area contributed by atoms with Gasteiger partial charge in [-0.1, -0.05) is 42.5 Å². The summed E-state index contributed by atoms with van der Waals surface area (Å²) in [6, 6.07) is 22.2. The number of hydrogen-bond acceptors (Lipinski definition) is 4. The Hall–Kier alpha value is -3.77. The number of hydrogen-bond donors (Lipinski definition) is 1. The van der Waals surface area contributed by atoms with E-state index < -0.39 is 5.97 Å².